The van der Waals surface area contributed by atoms with E-state index in [0.29, 0.717) is 0 Å². The largest absolute Gasteiger partial charge is 0.320 e. The van der Waals surface area contributed by atoms with Crippen LogP contribution in [0.15, 0.2) is 17.7 Å². The molecule has 20 heavy (non-hydrogen) atoms. The predicted octanol–water partition coefficient (Wildman–Crippen LogP) is 5.30. The maximum Gasteiger partial charge on any atom is 0.0605 e. The van der Waals surface area contributed by atoms with E-state index >= 15 is 0 Å². The molecule has 0 bridgehead atoms. The third-order valence-corrected chi connectivity index (χ3v) is 6.12. The Morgan fingerprint density at radius 1 is 0.900 bits per heavy atom. The lowest BCUT2D eigenvalue weighted by Crippen LogP contribution is -2.12. The molecule has 3 rings (SSSR count). The fraction of sp³-hybridized carbons (Fsp3) is 0.667. The van der Waals surface area contributed by atoms with E-state index in [2.05, 4.69) is 12.1 Å². The van der Waals surface area contributed by atoms with Gasteiger partial charge in [0.1, 0.15) is 0 Å². The van der Waals surface area contributed by atoms with Crippen LogP contribution in [-0.4, -0.2) is 0 Å². The van der Waals surface area contributed by atoms with Crippen molar-refractivity contribution in [2.75, 3.05) is 0 Å². The summed E-state index contributed by atoms with van der Waals surface area (Å²) in [5.74, 6) is 0. The fourth-order valence-corrected chi connectivity index (χ4v) is 4.83. The molecule has 1 unspecified atom stereocenters. The van der Waals surface area contributed by atoms with Gasteiger partial charge in [-0.25, -0.2) is 0 Å². The Morgan fingerprint density at radius 3 is 2.60 bits per heavy atom. The summed E-state index contributed by atoms with van der Waals surface area (Å²) in [6.45, 7) is 0. The van der Waals surface area contributed by atoms with Crippen molar-refractivity contribution in [3.63, 3.8) is 0 Å². The molecule has 0 aromatic carbocycles. The van der Waals surface area contributed by atoms with Crippen LogP contribution in [0.2, 0.25) is 0 Å². The van der Waals surface area contributed by atoms with Crippen LogP contribution < -0.4 is 5.73 Å². The third kappa shape index (κ3) is 3.35. The molecule has 1 aromatic heterocycles. The minimum atomic E-state index is 0.171. The Labute approximate surface area is 127 Å². The molecule has 0 saturated heterocycles. The van der Waals surface area contributed by atoms with E-state index in [0.717, 1.165) is 0 Å². The number of allylic oxidation sites excluding steroid dienone is 1. The van der Waals surface area contributed by atoms with Crippen molar-refractivity contribution in [3.8, 4) is 0 Å². The molecule has 2 N–H and O–H groups in total. The van der Waals surface area contributed by atoms with Crippen molar-refractivity contribution in [1.29, 1.82) is 0 Å². The molecule has 2 aliphatic carbocycles. The summed E-state index contributed by atoms with van der Waals surface area (Å²) >= 11 is 2.00. The number of nitrogens with two attached hydrogens (primary N) is 1. The lowest BCUT2D eigenvalue weighted by atomic mass is 9.94. The monoisotopic (exact) mass is 289 g/mol. The SMILES string of the molecule is NC(C1=CCCCCCC1)c1cc2c(s1)CCCCC2. The topological polar surface area (TPSA) is 26.0 Å². The van der Waals surface area contributed by atoms with Crippen LogP contribution in [0.5, 0.6) is 0 Å². The van der Waals surface area contributed by atoms with Crippen LogP contribution in [0.3, 0.4) is 0 Å². The van der Waals surface area contributed by atoms with Crippen molar-refractivity contribution < 1.29 is 0 Å². The van der Waals surface area contributed by atoms with Crippen LogP contribution >= 0.6 is 11.3 Å². The molecule has 0 saturated carbocycles. The molecular weight excluding hydrogens is 262 g/mol. The van der Waals surface area contributed by atoms with E-state index in [4.69, 9.17) is 5.73 Å². The molecule has 0 radical (unpaired) electrons. The second kappa shape index (κ2) is 6.91. The highest BCUT2D eigenvalue weighted by Crippen LogP contribution is 2.35. The van der Waals surface area contributed by atoms with Gasteiger partial charge < -0.3 is 5.73 Å². The molecular formula is C18H27NS. The highest BCUT2D eigenvalue weighted by molar-refractivity contribution is 7.12. The van der Waals surface area contributed by atoms with Crippen LogP contribution in [0.4, 0.5) is 0 Å². The van der Waals surface area contributed by atoms with Gasteiger partial charge in [0.2, 0.25) is 0 Å². The van der Waals surface area contributed by atoms with Gasteiger partial charge in [-0.05, 0) is 63.0 Å². The van der Waals surface area contributed by atoms with Crippen molar-refractivity contribution in [1.82, 2.24) is 0 Å². The summed E-state index contributed by atoms with van der Waals surface area (Å²) in [5, 5.41) is 0. The minimum absolute atomic E-state index is 0.171. The van der Waals surface area contributed by atoms with E-state index in [-0.39, 0.29) is 6.04 Å². The summed E-state index contributed by atoms with van der Waals surface area (Å²) in [4.78, 5) is 3.04. The van der Waals surface area contributed by atoms with E-state index in [1.165, 1.54) is 81.1 Å². The highest BCUT2D eigenvalue weighted by Gasteiger charge is 2.19. The zero-order valence-corrected chi connectivity index (χ0v) is 13.3. The summed E-state index contributed by atoms with van der Waals surface area (Å²) in [7, 11) is 0. The first-order valence-electron chi connectivity index (χ1n) is 8.40. The van der Waals surface area contributed by atoms with Gasteiger partial charge in [0, 0.05) is 9.75 Å². The molecule has 1 aromatic rings. The highest BCUT2D eigenvalue weighted by atomic mass is 32.1. The molecule has 1 nitrogen and oxygen atoms in total. The lowest BCUT2D eigenvalue weighted by Gasteiger charge is -2.17. The standard InChI is InChI=1S/C18H27NS/c19-18(14-9-5-2-1-3-6-10-14)17-13-15-11-7-4-8-12-16(15)20-17/h9,13,18H,1-8,10-12,19H2. The van der Waals surface area contributed by atoms with Crippen LogP contribution in [0, 0.1) is 0 Å². The van der Waals surface area contributed by atoms with E-state index in [9.17, 15) is 0 Å². The number of hydrogen-bond acceptors (Lipinski definition) is 2. The molecule has 110 valence electrons. The Hall–Kier alpha value is -0.600. The Balaban J connectivity index is 1.77. The van der Waals surface area contributed by atoms with Crippen LogP contribution in [0.25, 0.3) is 0 Å². The van der Waals surface area contributed by atoms with Crippen LogP contribution in [-0.2, 0) is 12.8 Å². The number of thiophene rings is 1. The summed E-state index contributed by atoms with van der Waals surface area (Å²) in [6, 6.07) is 2.60. The van der Waals surface area contributed by atoms with Gasteiger partial charge in [-0.3, -0.25) is 0 Å². The maximum absolute atomic E-state index is 6.58. The maximum atomic E-state index is 6.58. The fourth-order valence-electron chi connectivity index (χ4n) is 3.53. The first-order valence-corrected chi connectivity index (χ1v) is 9.22. The van der Waals surface area contributed by atoms with Crippen LogP contribution in [0.1, 0.15) is 79.1 Å². The predicted molar refractivity (Wildman–Crippen MR) is 88.3 cm³/mol. The molecule has 0 amide bonds. The normalized spacial score (nSPS) is 22.1. The summed E-state index contributed by atoms with van der Waals surface area (Å²) in [5.41, 5.74) is 9.69. The smallest absolute Gasteiger partial charge is 0.0605 e. The van der Waals surface area contributed by atoms with Crippen molar-refractivity contribution >= 4 is 11.3 Å². The van der Waals surface area contributed by atoms with Crippen molar-refractivity contribution in [3.05, 3.63) is 33.0 Å². The van der Waals surface area contributed by atoms with Crippen molar-refractivity contribution in [2.24, 2.45) is 5.73 Å². The molecule has 1 atom stereocenters. The molecule has 0 fully saturated rings. The number of fused-ring (bicyclic) bond motifs is 1. The van der Waals surface area contributed by atoms with Gasteiger partial charge in [0.15, 0.2) is 0 Å². The lowest BCUT2D eigenvalue weighted by molar-refractivity contribution is 0.604. The van der Waals surface area contributed by atoms with Gasteiger partial charge in [0.25, 0.3) is 0 Å². The average molecular weight is 289 g/mol. The second-order valence-corrected chi connectivity index (χ2v) is 7.54. The van der Waals surface area contributed by atoms with Gasteiger partial charge in [-0.2, -0.15) is 0 Å². The third-order valence-electron chi connectivity index (χ3n) is 4.80. The van der Waals surface area contributed by atoms with Gasteiger partial charge in [-0.1, -0.05) is 30.9 Å². The first kappa shape index (κ1) is 14.3. The first-order chi connectivity index (χ1) is 9.84. The number of aryl methyl sites for hydroxylation is 2. The Bertz CT molecular complexity index is 448. The number of hydrogen-bond donors (Lipinski definition) is 1. The van der Waals surface area contributed by atoms with Gasteiger partial charge >= 0.3 is 0 Å². The average Bonchev–Trinajstić information content (AvgIpc) is 2.69. The number of rotatable bonds is 2. The summed E-state index contributed by atoms with van der Waals surface area (Å²) in [6.07, 6.45) is 17.0. The van der Waals surface area contributed by atoms with Gasteiger partial charge in [-0.15, -0.1) is 11.3 Å². The van der Waals surface area contributed by atoms with E-state index in [1.54, 1.807) is 10.4 Å². The zero-order chi connectivity index (χ0) is 13.8. The molecule has 2 aliphatic rings. The Kier molecular flexibility index (Phi) is 4.95. The van der Waals surface area contributed by atoms with Gasteiger partial charge in [0.05, 0.1) is 6.04 Å². The quantitative estimate of drug-likeness (QED) is 0.580. The second-order valence-electron chi connectivity index (χ2n) is 6.37. The molecule has 2 heteroatoms. The van der Waals surface area contributed by atoms with E-state index in [1.807, 2.05) is 11.3 Å². The summed E-state index contributed by atoms with van der Waals surface area (Å²) < 4.78 is 0. The van der Waals surface area contributed by atoms with Crippen molar-refractivity contribution in [2.45, 2.75) is 76.7 Å². The Morgan fingerprint density at radius 2 is 1.65 bits per heavy atom. The molecule has 0 aliphatic heterocycles. The molecule has 1 heterocycles. The van der Waals surface area contributed by atoms with E-state index < -0.39 is 0 Å². The minimum Gasteiger partial charge on any atom is -0.320 e. The molecule has 0 spiro atoms. The zero-order valence-electron chi connectivity index (χ0n) is 12.5.